The lowest BCUT2D eigenvalue weighted by Gasteiger charge is -2.09. The quantitative estimate of drug-likeness (QED) is 0.199. The number of fused-ring (bicyclic) bond motifs is 5. The van der Waals surface area contributed by atoms with Crippen molar-refractivity contribution in [2.75, 3.05) is 0 Å². The van der Waals surface area contributed by atoms with E-state index in [2.05, 4.69) is 60.7 Å². The molecule has 3 heterocycles. The van der Waals surface area contributed by atoms with E-state index in [0.29, 0.717) is 17.5 Å². The van der Waals surface area contributed by atoms with Gasteiger partial charge in [-0.3, -0.25) is 9.13 Å². The van der Waals surface area contributed by atoms with E-state index in [1.807, 2.05) is 66.7 Å². The zero-order valence-corrected chi connectivity index (χ0v) is 25.7. The Morgan fingerprint density at radius 1 is 0.468 bits per heavy atom. The summed E-state index contributed by atoms with van der Waals surface area (Å²) < 4.78 is 9.70. The molecule has 6 aromatic carbocycles. The summed E-state index contributed by atoms with van der Waals surface area (Å²) in [6, 6.07) is 43.0. The molecule has 7 heteroatoms. The molecule has 47 heavy (non-hydrogen) atoms. The molecule has 0 N–H and O–H groups in total. The maximum atomic E-state index is 12.4. The number of furan rings is 1. The first-order chi connectivity index (χ1) is 23.0. The average Bonchev–Trinajstić information content (AvgIpc) is 3.59. The van der Waals surface area contributed by atoms with Gasteiger partial charge in [0.05, 0.1) is 11.0 Å². The molecule has 9 aromatic rings. The number of aromatic nitrogens is 5. The standard InChI is InChI=1S/C40H27N5O2/c1-44-33-19-17-29(21-34(33)45(2)40(44)46)24-12-14-26(15-13-24)38-41-37(25-8-4-3-5-9-25)42-39(43-38)30-16-18-31-32-20-27-10-6-7-11-28(27)22-36(32)47-35(31)23-30/h3-23H,1-2H3. The lowest BCUT2D eigenvalue weighted by molar-refractivity contribution is 0.669. The van der Waals surface area contributed by atoms with Gasteiger partial charge in [0.2, 0.25) is 0 Å². The fraction of sp³-hybridized carbons (Fsp3) is 0.0500. The van der Waals surface area contributed by atoms with Crippen molar-refractivity contribution in [3.8, 4) is 45.3 Å². The fourth-order valence-electron chi connectivity index (χ4n) is 6.45. The van der Waals surface area contributed by atoms with Crippen LogP contribution >= 0.6 is 0 Å². The average molecular weight is 610 g/mol. The number of nitrogens with zero attached hydrogens (tertiary/aromatic N) is 5. The summed E-state index contributed by atoms with van der Waals surface area (Å²) in [5.74, 6) is 1.75. The lowest BCUT2D eigenvalue weighted by atomic mass is 10.0. The summed E-state index contributed by atoms with van der Waals surface area (Å²) in [6.45, 7) is 0. The number of rotatable bonds is 4. The second-order valence-corrected chi connectivity index (χ2v) is 11.9. The summed E-state index contributed by atoms with van der Waals surface area (Å²) in [6.07, 6.45) is 0. The summed E-state index contributed by atoms with van der Waals surface area (Å²) in [5.41, 5.74) is 8.08. The van der Waals surface area contributed by atoms with E-state index in [4.69, 9.17) is 19.4 Å². The molecule has 0 atom stereocenters. The zero-order chi connectivity index (χ0) is 31.6. The van der Waals surface area contributed by atoms with Gasteiger partial charge in [0.15, 0.2) is 17.5 Å². The maximum Gasteiger partial charge on any atom is 0.328 e. The topological polar surface area (TPSA) is 78.7 Å². The molecule has 0 bridgehead atoms. The van der Waals surface area contributed by atoms with Gasteiger partial charge in [0.1, 0.15) is 11.2 Å². The van der Waals surface area contributed by atoms with Crippen molar-refractivity contribution >= 4 is 43.7 Å². The van der Waals surface area contributed by atoms with Crippen LogP contribution in [0, 0.1) is 0 Å². The minimum absolute atomic E-state index is 0.0413. The third-order valence-electron chi connectivity index (χ3n) is 9.01. The largest absolute Gasteiger partial charge is 0.456 e. The van der Waals surface area contributed by atoms with Crippen LogP contribution in [0.3, 0.4) is 0 Å². The van der Waals surface area contributed by atoms with Gasteiger partial charge in [-0.25, -0.2) is 19.7 Å². The van der Waals surface area contributed by atoms with E-state index >= 15 is 0 Å². The van der Waals surface area contributed by atoms with Gasteiger partial charge in [-0.05, 0) is 58.3 Å². The van der Waals surface area contributed by atoms with Gasteiger partial charge in [0.25, 0.3) is 0 Å². The van der Waals surface area contributed by atoms with Crippen molar-refractivity contribution in [2.45, 2.75) is 0 Å². The Kier molecular flexibility index (Phi) is 5.95. The van der Waals surface area contributed by atoms with Gasteiger partial charge in [-0.15, -0.1) is 0 Å². The summed E-state index contributed by atoms with van der Waals surface area (Å²) >= 11 is 0. The van der Waals surface area contributed by atoms with Gasteiger partial charge >= 0.3 is 5.69 Å². The first kappa shape index (κ1) is 27.0. The third kappa shape index (κ3) is 4.43. The molecule has 0 radical (unpaired) electrons. The van der Waals surface area contributed by atoms with E-state index in [9.17, 15) is 4.79 Å². The normalized spacial score (nSPS) is 11.7. The zero-order valence-electron chi connectivity index (χ0n) is 25.7. The number of hydrogen-bond donors (Lipinski definition) is 0. The molecular formula is C40H27N5O2. The van der Waals surface area contributed by atoms with Gasteiger partial charge in [-0.2, -0.15) is 0 Å². The molecule has 0 aliphatic heterocycles. The predicted octanol–water partition coefficient (Wildman–Crippen LogP) is 8.78. The van der Waals surface area contributed by atoms with Crippen molar-refractivity contribution in [3.63, 3.8) is 0 Å². The molecular weight excluding hydrogens is 582 g/mol. The molecule has 0 aliphatic rings. The molecule has 0 fully saturated rings. The SMILES string of the molecule is Cn1c(=O)n(C)c2cc(-c3ccc(-c4nc(-c5ccccc5)nc(-c5ccc6c(c5)oc5cc7ccccc7cc56)n4)cc3)ccc21. The van der Waals surface area contributed by atoms with E-state index in [1.54, 1.807) is 23.2 Å². The second kappa shape index (κ2) is 10.4. The van der Waals surface area contributed by atoms with E-state index in [0.717, 1.165) is 66.2 Å². The van der Waals surface area contributed by atoms with Crippen LogP contribution in [0.25, 0.3) is 89.0 Å². The van der Waals surface area contributed by atoms with Crippen LogP contribution in [-0.2, 0) is 14.1 Å². The van der Waals surface area contributed by atoms with Crippen LogP contribution < -0.4 is 5.69 Å². The summed E-state index contributed by atoms with van der Waals surface area (Å²) in [5, 5.41) is 4.46. The molecule has 3 aromatic heterocycles. The minimum Gasteiger partial charge on any atom is -0.456 e. The maximum absolute atomic E-state index is 12.4. The number of imidazole rings is 1. The fourth-order valence-corrected chi connectivity index (χ4v) is 6.45. The second-order valence-electron chi connectivity index (χ2n) is 11.9. The van der Waals surface area contributed by atoms with Gasteiger partial charge in [-0.1, -0.05) is 91.0 Å². The lowest BCUT2D eigenvalue weighted by Crippen LogP contribution is -2.19. The highest BCUT2D eigenvalue weighted by Crippen LogP contribution is 2.35. The molecule has 9 rings (SSSR count). The smallest absolute Gasteiger partial charge is 0.328 e. The first-order valence-corrected chi connectivity index (χ1v) is 15.4. The molecule has 0 amide bonds. The Morgan fingerprint density at radius 2 is 1.02 bits per heavy atom. The Labute approximate surface area is 269 Å². The van der Waals surface area contributed by atoms with E-state index < -0.39 is 0 Å². The number of aryl methyl sites for hydroxylation is 2. The summed E-state index contributed by atoms with van der Waals surface area (Å²) in [4.78, 5) is 27.2. The number of hydrogen-bond acceptors (Lipinski definition) is 5. The van der Waals surface area contributed by atoms with Crippen LogP contribution in [0.4, 0.5) is 0 Å². The molecule has 7 nitrogen and oxygen atoms in total. The van der Waals surface area contributed by atoms with Crippen molar-refractivity contribution in [1.82, 2.24) is 24.1 Å². The predicted molar refractivity (Wildman–Crippen MR) is 188 cm³/mol. The molecule has 0 unspecified atom stereocenters. The molecule has 0 spiro atoms. The highest BCUT2D eigenvalue weighted by Gasteiger charge is 2.16. The monoisotopic (exact) mass is 609 g/mol. The van der Waals surface area contributed by atoms with Crippen LogP contribution in [0.15, 0.2) is 137 Å². The van der Waals surface area contributed by atoms with Crippen molar-refractivity contribution < 1.29 is 4.42 Å². The molecule has 0 saturated carbocycles. The Balaban J connectivity index is 1.14. The van der Waals surface area contributed by atoms with Gasteiger partial charge in [0, 0.05) is 41.6 Å². The van der Waals surface area contributed by atoms with Crippen LogP contribution in [0.5, 0.6) is 0 Å². The third-order valence-corrected chi connectivity index (χ3v) is 9.01. The van der Waals surface area contributed by atoms with Crippen LogP contribution in [-0.4, -0.2) is 24.1 Å². The molecule has 224 valence electrons. The van der Waals surface area contributed by atoms with Crippen LogP contribution in [0.1, 0.15) is 0 Å². The van der Waals surface area contributed by atoms with E-state index in [1.165, 1.54) is 5.39 Å². The molecule has 0 aliphatic carbocycles. The molecule has 0 saturated heterocycles. The van der Waals surface area contributed by atoms with Crippen molar-refractivity contribution in [2.24, 2.45) is 14.1 Å². The Morgan fingerprint density at radius 3 is 1.77 bits per heavy atom. The first-order valence-electron chi connectivity index (χ1n) is 15.4. The number of benzene rings is 6. The van der Waals surface area contributed by atoms with Crippen molar-refractivity contribution in [1.29, 1.82) is 0 Å². The van der Waals surface area contributed by atoms with Gasteiger partial charge < -0.3 is 4.42 Å². The highest BCUT2D eigenvalue weighted by atomic mass is 16.3. The van der Waals surface area contributed by atoms with E-state index in [-0.39, 0.29) is 5.69 Å². The Hall–Kier alpha value is -6.34. The highest BCUT2D eigenvalue weighted by molar-refractivity contribution is 6.10. The van der Waals surface area contributed by atoms with Crippen LogP contribution in [0.2, 0.25) is 0 Å². The summed E-state index contributed by atoms with van der Waals surface area (Å²) in [7, 11) is 3.59. The van der Waals surface area contributed by atoms with Crippen molar-refractivity contribution in [3.05, 3.63) is 138 Å². The Bertz CT molecular complexity index is 2720. The minimum atomic E-state index is -0.0413.